The number of allylic oxidation sites excluding steroid dienone is 2. The van der Waals surface area contributed by atoms with E-state index >= 15 is 0 Å². The van der Waals surface area contributed by atoms with Crippen LogP contribution in [-0.4, -0.2) is 13.8 Å². The summed E-state index contributed by atoms with van der Waals surface area (Å²) in [5.41, 5.74) is 4.04. The van der Waals surface area contributed by atoms with Crippen LogP contribution in [0.15, 0.2) is 47.0 Å². The summed E-state index contributed by atoms with van der Waals surface area (Å²) in [6.45, 7) is 0.306. The maximum absolute atomic E-state index is 5.64. The minimum absolute atomic E-state index is 0.302. The van der Waals surface area contributed by atoms with Crippen LogP contribution in [0.5, 0.6) is 11.5 Å². The van der Waals surface area contributed by atoms with Crippen molar-refractivity contribution in [1.29, 1.82) is 0 Å². The average molecular weight is 510 g/mol. The van der Waals surface area contributed by atoms with Gasteiger partial charge in [0.15, 0.2) is 11.5 Å². The van der Waals surface area contributed by atoms with Gasteiger partial charge in [0.25, 0.3) is 0 Å². The van der Waals surface area contributed by atoms with Crippen molar-refractivity contribution < 1.29 is 9.47 Å². The van der Waals surface area contributed by atoms with E-state index in [-0.39, 0.29) is 0 Å². The van der Waals surface area contributed by atoms with Gasteiger partial charge < -0.3 is 14.4 Å². The molecule has 0 bridgehead atoms. The summed E-state index contributed by atoms with van der Waals surface area (Å²) in [4.78, 5) is 2.43. The van der Waals surface area contributed by atoms with Crippen molar-refractivity contribution in [3.63, 3.8) is 0 Å². The number of ether oxygens (including phenoxy) is 2. The molecule has 0 spiro atoms. The lowest BCUT2D eigenvalue weighted by Crippen LogP contribution is -2.37. The Labute approximate surface area is 169 Å². The molecule has 1 aliphatic carbocycles. The van der Waals surface area contributed by atoms with Gasteiger partial charge in [-0.05, 0) is 76.4 Å². The van der Waals surface area contributed by atoms with Crippen molar-refractivity contribution in [3.05, 3.63) is 61.7 Å². The Morgan fingerprint density at radius 2 is 1.92 bits per heavy atom. The largest absolute Gasteiger partial charge is 0.454 e. The van der Waals surface area contributed by atoms with Crippen LogP contribution in [0.3, 0.4) is 0 Å². The van der Waals surface area contributed by atoms with Gasteiger partial charge >= 0.3 is 0 Å². The van der Waals surface area contributed by atoms with Crippen LogP contribution in [0.2, 0.25) is 0 Å². The minimum atomic E-state index is 0.302. The number of benzene rings is 2. The third-order valence-corrected chi connectivity index (χ3v) is 6.93. The SMILES string of the molecule is CN1c2ccc(I)cc2C2C=CCC2C1c1cc2c(cc1Br)OCO2. The normalized spacial score (nSPS) is 25.9. The summed E-state index contributed by atoms with van der Waals surface area (Å²) in [5.74, 6) is 2.68. The topological polar surface area (TPSA) is 21.7 Å². The highest BCUT2D eigenvalue weighted by Gasteiger charge is 2.42. The number of nitrogens with zero attached hydrogens (tertiary/aromatic N) is 1. The number of rotatable bonds is 1. The minimum Gasteiger partial charge on any atom is -0.454 e. The lowest BCUT2D eigenvalue weighted by atomic mass is 9.76. The van der Waals surface area contributed by atoms with Gasteiger partial charge in [-0.25, -0.2) is 0 Å². The quantitative estimate of drug-likeness (QED) is 0.367. The van der Waals surface area contributed by atoms with E-state index < -0.39 is 0 Å². The standard InChI is InChI=1S/C20H17BrINO2/c1-23-17-6-5-11(22)7-14(17)12-3-2-4-13(12)20(23)15-8-18-19(9-16(15)21)25-10-24-18/h2-3,5-9,12-13,20H,4,10H2,1H3. The smallest absolute Gasteiger partial charge is 0.231 e. The maximum Gasteiger partial charge on any atom is 0.231 e. The molecule has 2 aromatic rings. The highest BCUT2D eigenvalue weighted by molar-refractivity contribution is 14.1. The first-order valence-electron chi connectivity index (χ1n) is 8.41. The Morgan fingerprint density at radius 3 is 2.76 bits per heavy atom. The molecular formula is C20H17BrINO2. The number of hydrogen-bond acceptors (Lipinski definition) is 3. The lowest BCUT2D eigenvalue weighted by Gasteiger charge is -2.44. The molecular weight excluding hydrogens is 493 g/mol. The number of anilines is 1. The monoisotopic (exact) mass is 509 g/mol. The van der Waals surface area contributed by atoms with Crippen molar-refractivity contribution in [2.24, 2.45) is 5.92 Å². The molecule has 25 heavy (non-hydrogen) atoms. The van der Waals surface area contributed by atoms with Gasteiger partial charge in [-0.3, -0.25) is 0 Å². The van der Waals surface area contributed by atoms with E-state index in [1.54, 1.807) is 0 Å². The lowest BCUT2D eigenvalue weighted by molar-refractivity contribution is 0.174. The number of halogens is 2. The number of hydrogen-bond donors (Lipinski definition) is 0. The Kier molecular flexibility index (Phi) is 3.78. The van der Waals surface area contributed by atoms with Crippen molar-refractivity contribution in [3.8, 4) is 11.5 Å². The predicted octanol–water partition coefficient (Wildman–Crippen LogP) is 5.63. The molecule has 0 N–H and O–H groups in total. The molecule has 128 valence electrons. The zero-order valence-electron chi connectivity index (χ0n) is 13.7. The Bertz CT molecular complexity index is 898. The van der Waals surface area contributed by atoms with Crippen LogP contribution in [0, 0.1) is 9.49 Å². The molecule has 0 radical (unpaired) electrons. The van der Waals surface area contributed by atoms with Crippen LogP contribution in [0.25, 0.3) is 0 Å². The molecule has 0 saturated carbocycles. The third kappa shape index (κ3) is 2.42. The molecule has 3 atom stereocenters. The molecule has 0 amide bonds. The fourth-order valence-corrected chi connectivity index (χ4v) is 5.55. The van der Waals surface area contributed by atoms with Crippen LogP contribution < -0.4 is 14.4 Å². The van der Waals surface area contributed by atoms with Gasteiger partial charge in [0.1, 0.15) is 0 Å². The van der Waals surface area contributed by atoms with E-state index in [0.29, 0.717) is 24.7 Å². The Balaban J connectivity index is 1.66. The van der Waals surface area contributed by atoms with Crippen LogP contribution in [0.1, 0.15) is 29.5 Å². The second-order valence-electron chi connectivity index (χ2n) is 6.84. The summed E-state index contributed by atoms with van der Waals surface area (Å²) < 4.78 is 13.6. The zero-order chi connectivity index (χ0) is 17.1. The zero-order valence-corrected chi connectivity index (χ0v) is 17.5. The maximum atomic E-state index is 5.64. The molecule has 0 fully saturated rings. The van der Waals surface area contributed by atoms with Gasteiger partial charge in [-0.2, -0.15) is 0 Å². The summed E-state index contributed by atoms with van der Waals surface area (Å²) in [6, 6.07) is 11.3. The summed E-state index contributed by atoms with van der Waals surface area (Å²) in [7, 11) is 2.21. The second kappa shape index (κ2) is 5.91. The van der Waals surface area contributed by atoms with Crippen molar-refractivity contribution >= 4 is 44.2 Å². The molecule has 3 aliphatic rings. The highest BCUT2D eigenvalue weighted by atomic mass is 127. The predicted molar refractivity (Wildman–Crippen MR) is 111 cm³/mol. The third-order valence-electron chi connectivity index (χ3n) is 5.57. The van der Waals surface area contributed by atoms with Crippen molar-refractivity contribution in [2.75, 3.05) is 18.7 Å². The molecule has 2 heterocycles. The first kappa shape index (κ1) is 16.0. The molecule has 2 aliphatic heterocycles. The Morgan fingerprint density at radius 1 is 1.12 bits per heavy atom. The van der Waals surface area contributed by atoms with E-state index in [4.69, 9.17) is 9.47 Å². The van der Waals surface area contributed by atoms with Crippen molar-refractivity contribution in [2.45, 2.75) is 18.4 Å². The fraction of sp³-hybridized carbons (Fsp3) is 0.300. The van der Waals surface area contributed by atoms with E-state index in [0.717, 1.165) is 22.4 Å². The highest BCUT2D eigenvalue weighted by Crippen LogP contribution is 2.54. The van der Waals surface area contributed by atoms with E-state index in [1.807, 2.05) is 6.07 Å². The fourth-order valence-electron chi connectivity index (χ4n) is 4.48. The van der Waals surface area contributed by atoms with Gasteiger partial charge in [0, 0.05) is 26.7 Å². The molecule has 0 saturated heterocycles. The molecule has 2 aromatic carbocycles. The second-order valence-corrected chi connectivity index (χ2v) is 8.94. The van der Waals surface area contributed by atoms with Gasteiger partial charge in [-0.1, -0.05) is 28.1 Å². The molecule has 3 unspecified atom stereocenters. The van der Waals surface area contributed by atoms with E-state index in [1.165, 1.54) is 20.4 Å². The summed E-state index contributed by atoms with van der Waals surface area (Å²) >= 11 is 6.19. The van der Waals surface area contributed by atoms with Gasteiger partial charge in [0.2, 0.25) is 6.79 Å². The van der Waals surface area contributed by atoms with Crippen molar-refractivity contribution in [1.82, 2.24) is 0 Å². The first-order chi connectivity index (χ1) is 12.1. The summed E-state index contributed by atoms with van der Waals surface area (Å²) in [5, 5.41) is 0. The van der Waals surface area contributed by atoms with Gasteiger partial charge in [0.05, 0.1) is 6.04 Å². The Hall–Kier alpha value is -1.21. The van der Waals surface area contributed by atoms with E-state index in [9.17, 15) is 0 Å². The van der Waals surface area contributed by atoms with Crippen LogP contribution in [0.4, 0.5) is 5.69 Å². The van der Waals surface area contributed by atoms with E-state index in [2.05, 4.69) is 86.9 Å². The average Bonchev–Trinajstić information content (AvgIpc) is 3.24. The van der Waals surface area contributed by atoms with Crippen LogP contribution in [-0.2, 0) is 0 Å². The molecule has 5 heteroatoms. The molecule has 3 nitrogen and oxygen atoms in total. The molecule has 5 rings (SSSR count). The summed E-state index contributed by atoms with van der Waals surface area (Å²) in [6.07, 6.45) is 5.83. The number of fused-ring (bicyclic) bond motifs is 4. The molecule has 0 aromatic heterocycles. The van der Waals surface area contributed by atoms with Crippen LogP contribution >= 0.6 is 38.5 Å². The van der Waals surface area contributed by atoms with Gasteiger partial charge in [-0.15, -0.1) is 0 Å². The first-order valence-corrected chi connectivity index (χ1v) is 10.3.